The summed E-state index contributed by atoms with van der Waals surface area (Å²) < 4.78 is 0. The lowest BCUT2D eigenvalue weighted by Crippen LogP contribution is -2.51. The van der Waals surface area contributed by atoms with Crippen molar-refractivity contribution in [3.8, 4) is 0 Å². The average molecular weight is 270 g/mol. The molecule has 2 amide bonds. The van der Waals surface area contributed by atoms with Crippen LogP contribution in [0.25, 0.3) is 0 Å². The van der Waals surface area contributed by atoms with Crippen LogP contribution < -0.4 is 5.32 Å². The van der Waals surface area contributed by atoms with Gasteiger partial charge in [0.1, 0.15) is 0 Å². The van der Waals surface area contributed by atoms with Crippen LogP contribution in [0, 0.1) is 11.3 Å². The molecule has 0 aromatic carbocycles. The summed E-state index contributed by atoms with van der Waals surface area (Å²) in [5, 5.41) is 12.0. The molecule has 0 heterocycles. The smallest absolute Gasteiger partial charge is 0.317 e. The van der Waals surface area contributed by atoms with Crippen molar-refractivity contribution in [1.82, 2.24) is 10.2 Å². The van der Waals surface area contributed by atoms with Crippen LogP contribution >= 0.6 is 0 Å². The highest BCUT2D eigenvalue weighted by Crippen LogP contribution is 2.27. The molecule has 0 aromatic heterocycles. The van der Waals surface area contributed by atoms with Crippen LogP contribution in [0.2, 0.25) is 0 Å². The second kappa shape index (κ2) is 5.80. The van der Waals surface area contributed by atoms with E-state index in [-0.39, 0.29) is 23.5 Å². The fraction of sp³-hybridized carbons (Fsp3) is 0.857. The Morgan fingerprint density at radius 3 is 2.37 bits per heavy atom. The molecule has 2 N–H and O–H groups in total. The lowest BCUT2D eigenvalue weighted by Gasteiger charge is -2.36. The molecular weight excluding hydrogens is 244 g/mol. The van der Waals surface area contributed by atoms with E-state index in [9.17, 15) is 9.59 Å². The molecule has 110 valence electrons. The summed E-state index contributed by atoms with van der Waals surface area (Å²) in [5.41, 5.74) is -0.00599. The summed E-state index contributed by atoms with van der Waals surface area (Å²) in [6.45, 7) is 8.24. The number of carbonyl (C=O) groups is 2. The lowest BCUT2D eigenvalue weighted by atomic mass is 9.87. The summed E-state index contributed by atoms with van der Waals surface area (Å²) in [6, 6.07) is -0.336. The summed E-state index contributed by atoms with van der Waals surface area (Å²) in [4.78, 5) is 24.9. The van der Waals surface area contributed by atoms with E-state index in [0.29, 0.717) is 6.42 Å². The molecule has 0 saturated heterocycles. The molecule has 0 bridgehead atoms. The van der Waals surface area contributed by atoms with Gasteiger partial charge in [-0.15, -0.1) is 0 Å². The van der Waals surface area contributed by atoms with Crippen molar-refractivity contribution in [3.05, 3.63) is 0 Å². The second-order valence-electron chi connectivity index (χ2n) is 6.58. The first-order valence-corrected chi connectivity index (χ1v) is 6.90. The van der Waals surface area contributed by atoms with Gasteiger partial charge in [0, 0.05) is 19.1 Å². The van der Waals surface area contributed by atoms with Crippen LogP contribution in [0.3, 0.4) is 0 Å². The van der Waals surface area contributed by atoms with Gasteiger partial charge in [-0.25, -0.2) is 4.79 Å². The number of carboxylic acids is 1. The van der Waals surface area contributed by atoms with Crippen LogP contribution in [0.15, 0.2) is 0 Å². The van der Waals surface area contributed by atoms with Gasteiger partial charge in [-0.2, -0.15) is 0 Å². The van der Waals surface area contributed by atoms with Crippen molar-refractivity contribution in [2.24, 2.45) is 11.3 Å². The molecule has 3 atom stereocenters. The van der Waals surface area contributed by atoms with Crippen LogP contribution in [-0.2, 0) is 4.79 Å². The van der Waals surface area contributed by atoms with Gasteiger partial charge >= 0.3 is 12.0 Å². The van der Waals surface area contributed by atoms with Gasteiger partial charge in [0.2, 0.25) is 0 Å². The molecule has 1 rings (SSSR count). The molecule has 1 fully saturated rings. The summed E-state index contributed by atoms with van der Waals surface area (Å²) in [5.74, 6) is -1.25. The van der Waals surface area contributed by atoms with E-state index in [1.807, 2.05) is 6.92 Å². The monoisotopic (exact) mass is 270 g/mol. The number of urea groups is 1. The average Bonchev–Trinajstić information content (AvgIpc) is 2.73. The second-order valence-corrected chi connectivity index (χ2v) is 6.58. The van der Waals surface area contributed by atoms with Gasteiger partial charge in [-0.3, -0.25) is 4.79 Å². The topological polar surface area (TPSA) is 69.6 Å². The molecular formula is C14H26N2O3. The third-order valence-corrected chi connectivity index (χ3v) is 4.30. The Hall–Kier alpha value is -1.26. The van der Waals surface area contributed by atoms with Gasteiger partial charge in [0.15, 0.2) is 0 Å². The van der Waals surface area contributed by atoms with E-state index in [0.717, 1.165) is 12.8 Å². The molecule has 1 saturated carbocycles. The summed E-state index contributed by atoms with van der Waals surface area (Å²) in [6.07, 6.45) is 2.26. The number of hydrogen-bond acceptors (Lipinski definition) is 2. The molecule has 19 heavy (non-hydrogen) atoms. The standard InChI is InChI=1S/C14H26N2O3/c1-9(14(2,3)4)16(5)13(19)15-11-8-6-7-10(11)12(17)18/h9-11H,6-8H2,1-5H3,(H,15,19)(H,17,18). The first-order valence-electron chi connectivity index (χ1n) is 6.90. The maximum atomic E-state index is 12.2. The SMILES string of the molecule is CC(N(C)C(=O)NC1CCCC1C(=O)O)C(C)(C)C. The Kier molecular flexibility index (Phi) is 4.82. The van der Waals surface area contributed by atoms with Crippen LogP contribution in [0.1, 0.15) is 47.0 Å². The number of nitrogens with one attached hydrogen (secondary N) is 1. The number of hydrogen-bond donors (Lipinski definition) is 2. The quantitative estimate of drug-likeness (QED) is 0.827. The maximum Gasteiger partial charge on any atom is 0.317 e. The molecule has 5 nitrogen and oxygen atoms in total. The van der Waals surface area contributed by atoms with Crippen molar-refractivity contribution in [2.75, 3.05) is 7.05 Å². The lowest BCUT2D eigenvalue weighted by molar-refractivity contribution is -0.142. The van der Waals surface area contributed by atoms with Crippen molar-refractivity contribution in [2.45, 2.75) is 59.0 Å². The van der Waals surface area contributed by atoms with Gasteiger partial charge in [0.05, 0.1) is 5.92 Å². The Labute approximate surface area is 115 Å². The summed E-state index contributed by atoms with van der Waals surface area (Å²) in [7, 11) is 1.76. The number of aliphatic carboxylic acids is 1. The number of nitrogens with zero attached hydrogens (tertiary/aromatic N) is 1. The first-order chi connectivity index (χ1) is 8.64. The van der Waals surface area contributed by atoms with Crippen molar-refractivity contribution < 1.29 is 14.7 Å². The minimum Gasteiger partial charge on any atom is -0.481 e. The van der Waals surface area contributed by atoms with Gasteiger partial charge in [-0.1, -0.05) is 27.2 Å². The van der Waals surface area contributed by atoms with Gasteiger partial charge in [0.25, 0.3) is 0 Å². The third kappa shape index (κ3) is 3.85. The number of amides is 2. The first kappa shape index (κ1) is 15.8. The van der Waals surface area contributed by atoms with E-state index in [1.165, 1.54) is 0 Å². The maximum absolute atomic E-state index is 12.2. The van der Waals surface area contributed by atoms with E-state index in [1.54, 1.807) is 11.9 Å². The Bertz CT molecular complexity index is 349. The molecule has 0 aromatic rings. The van der Waals surface area contributed by atoms with Crippen molar-refractivity contribution >= 4 is 12.0 Å². The van der Waals surface area contributed by atoms with Crippen LogP contribution in [-0.4, -0.2) is 41.1 Å². The minimum atomic E-state index is -0.811. The Balaban J connectivity index is 2.62. The zero-order valence-corrected chi connectivity index (χ0v) is 12.6. The zero-order chi connectivity index (χ0) is 14.8. The Morgan fingerprint density at radius 2 is 1.89 bits per heavy atom. The predicted molar refractivity (Wildman–Crippen MR) is 74.0 cm³/mol. The number of carbonyl (C=O) groups excluding carboxylic acids is 1. The highest BCUT2D eigenvalue weighted by Gasteiger charge is 2.35. The van der Waals surface area contributed by atoms with E-state index in [4.69, 9.17) is 5.11 Å². The van der Waals surface area contributed by atoms with E-state index in [2.05, 4.69) is 26.1 Å². The minimum absolute atomic E-state index is 0.00599. The summed E-state index contributed by atoms with van der Waals surface area (Å²) >= 11 is 0. The van der Waals surface area contributed by atoms with Crippen LogP contribution in [0.4, 0.5) is 4.79 Å². The Morgan fingerprint density at radius 1 is 1.32 bits per heavy atom. The molecule has 1 aliphatic carbocycles. The molecule has 0 radical (unpaired) electrons. The highest BCUT2D eigenvalue weighted by atomic mass is 16.4. The third-order valence-electron chi connectivity index (χ3n) is 4.30. The fourth-order valence-corrected chi connectivity index (χ4v) is 2.45. The van der Waals surface area contributed by atoms with Crippen LogP contribution in [0.5, 0.6) is 0 Å². The normalized spacial score (nSPS) is 24.9. The predicted octanol–water partition coefficient (Wildman–Crippen LogP) is 2.32. The molecule has 5 heteroatoms. The largest absolute Gasteiger partial charge is 0.481 e. The zero-order valence-electron chi connectivity index (χ0n) is 12.6. The highest BCUT2D eigenvalue weighted by molar-refractivity contribution is 5.77. The number of carboxylic acid groups (broad SMARTS) is 1. The molecule has 3 unspecified atom stereocenters. The van der Waals surface area contributed by atoms with Crippen molar-refractivity contribution in [1.29, 1.82) is 0 Å². The van der Waals surface area contributed by atoms with Crippen molar-refractivity contribution in [3.63, 3.8) is 0 Å². The molecule has 0 spiro atoms. The van der Waals surface area contributed by atoms with E-state index < -0.39 is 11.9 Å². The number of rotatable bonds is 3. The fourth-order valence-electron chi connectivity index (χ4n) is 2.45. The van der Waals surface area contributed by atoms with Gasteiger partial charge < -0.3 is 15.3 Å². The molecule has 1 aliphatic rings. The van der Waals surface area contributed by atoms with E-state index >= 15 is 0 Å². The van der Waals surface area contributed by atoms with Gasteiger partial charge in [-0.05, 0) is 25.2 Å². The molecule has 0 aliphatic heterocycles.